The maximum atomic E-state index is 13.6. The third-order valence-corrected chi connectivity index (χ3v) is 6.86. The van der Waals surface area contributed by atoms with Crippen molar-refractivity contribution in [3.05, 3.63) is 24.3 Å². The van der Waals surface area contributed by atoms with Gasteiger partial charge in [-0.1, -0.05) is 39.8 Å². The Morgan fingerprint density at radius 2 is 1.74 bits per heavy atom. The number of nitrogens with one attached hydrogen (secondary N) is 1. The molecule has 2 aliphatic rings. The number of ether oxygens (including phenoxy) is 2. The molecule has 7 nitrogen and oxygen atoms in total. The number of likely N-dealkylation sites (tertiary alicyclic amines) is 1. The fourth-order valence-corrected chi connectivity index (χ4v) is 5.01. The second kappa shape index (κ2) is 12.4. The zero-order chi connectivity index (χ0) is 24.7. The predicted octanol–water partition coefficient (Wildman–Crippen LogP) is 3.57. The lowest BCUT2D eigenvalue weighted by Gasteiger charge is -2.42. The summed E-state index contributed by atoms with van der Waals surface area (Å²) >= 11 is 0. The van der Waals surface area contributed by atoms with Crippen molar-refractivity contribution in [3.63, 3.8) is 0 Å². The van der Waals surface area contributed by atoms with Crippen LogP contribution in [-0.4, -0.2) is 73.6 Å². The van der Waals surface area contributed by atoms with Gasteiger partial charge in [0.2, 0.25) is 11.8 Å². The number of para-hydroxylation sites is 2. The van der Waals surface area contributed by atoms with E-state index >= 15 is 0 Å². The second-order valence-corrected chi connectivity index (χ2v) is 10.5. The molecule has 2 atom stereocenters. The van der Waals surface area contributed by atoms with Gasteiger partial charge in [-0.15, -0.1) is 0 Å². The largest absolute Gasteiger partial charge is 0.493 e. The van der Waals surface area contributed by atoms with Crippen molar-refractivity contribution < 1.29 is 19.1 Å². The first kappa shape index (κ1) is 26.3. The molecule has 1 aromatic carbocycles. The fraction of sp³-hybridized carbons (Fsp3) is 0.704. The van der Waals surface area contributed by atoms with Crippen LogP contribution in [0.5, 0.6) is 11.5 Å². The van der Waals surface area contributed by atoms with Crippen LogP contribution in [0.4, 0.5) is 0 Å². The van der Waals surface area contributed by atoms with Crippen LogP contribution in [0.25, 0.3) is 0 Å². The van der Waals surface area contributed by atoms with E-state index in [1.807, 2.05) is 34.1 Å². The smallest absolute Gasteiger partial charge is 0.245 e. The van der Waals surface area contributed by atoms with Gasteiger partial charge in [-0.05, 0) is 55.6 Å². The number of hydrogen-bond donors (Lipinski definition) is 1. The summed E-state index contributed by atoms with van der Waals surface area (Å²) < 4.78 is 11.4. The van der Waals surface area contributed by atoms with Gasteiger partial charge in [0, 0.05) is 26.2 Å². The van der Waals surface area contributed by atoms with Crippen LogP contribution in [-0.2, 0) is 9.59 Å². The van der Waals surface area contributed by atoms with Crippen molar-refractivity contribution in [1.29, 1.82) is 0 Å². The topological polar surface area (TPSA) is 71.1 Å². The molecule has 0 aromatic heterocycles. The maximum Gasteiger partial charge on any atom is 0.245 e. The van der Waals surface area contributed by atoms with Crippen LogP contribution in [0.15, 0.2) is 24.3 Å². The normalized spacial score (nSPS) is 20.7. The summed E-state index contributed by atoms with van der Waals surface area (Å²) in [5.41, 5.74) is 0. The molecule has 0 aliphatic carbocycles. The first-order valence-corrected chi connectivity index (χ1v) is 12.9. The highest BCUT2D eigenvalue weighted by Crippen LogP contribution is 2.28. The Morgan fingerprint density at radius 1 is 1.06 bits per heavy atom. The van der Waals surface area contributed by atoms with Gasteiger partial charge in [-0.2, -0.15) is 0 Å². The third kappa shape index (κ3) is 6.87. The molecule has 0 bridgehead atoms. The molecule has 34 heavy (non-hydrogen) atoms. The zero-order valence-electron chi connectivity index (χ0n) is 21.6. The van der Waals surface area contributed by atoms with Crippen LogP contribution in [0.2, 0.25) is 0 Å². The van der Waals surface area contributed by atoms with E-state index in [0.29, 0.717) is 50.4 Å². The fourth-order valence-electron chi connectivity index (χ4n) is 5.01. The molecule has 0 spiro atoms. The zero-order valence-corrected chi connectivity index (χ0v) is 21.6. The molecule has 2 amide bonds. The molecule has 2 fully saturated rings. The number of carbonyl (C=O) groups is 2. The summed E-state index contributed by atoms with van der Waals surface area (Å²) in [5, 5.41) is 3.36. The predicted molar refractivity (Wildman–Crippen MR) is 134 cm³/mol. The number of piperazine rings is 1. The molecule has 0 radical (unpaired) electrons. The Bertz CT molecular complexity index is 805. The maximum absolute atomic E-state index is 13.6. The first-order chi connectivity index (χ1) is 16.3. The average Bonchev–Trinajstić information content (AvgIpc) is 2.82. The average molecular weight is 474 g/mol. The van der Waals surface area contributed by atoms with Crippen LogP contribution in [0, 0.1) is 17.8 Å². The number of rotatable bonds is 10. The van der Waals surface area contributed by atoms with Crippen molar-refractivity contribution >= 4 is 11.8 Å². The molecule has 2 aliphatic heterocycles. The van der Waals surface area contributed by atoms with Crippen molar-refractivity contribution in [1.82, 2.24) is 15.1 Å². The number of piperidine rings is 1. The minimum Gasteiger partial charge on any atom is -0.493 e. The van der Waals surface area contributed by atoms with E-state index in [2.05, 4.69) is 33.0 Å². The van der Waals surface area contributed by atoms with Gasteiger partial charge < -0.3 is 24.6 Å². The summed E-state index contributed by atoms with van der Waals surface area (Å²) in [6.07, 6.45) is 3.31. The van der Waals surface area contributed by atoms with Crippen molar-refractivity contribution in [3.8, 4) is 11.5 Å². The third-order valence-electron chi connectivity index (χ3n) is 6.86. The molecular formula is C27H43N3O4. The summed E-state index contributed by atoms with van der Waals surface area (Å²) in [6.45, 7) is 11.9. The molecule has 2 saturated heterocycles. The van der Waals surface area contributed by atoms with E-state index in [-0.39, 0.29) is 23.9 Å². The van der Waals surface area contributed by atoms with Crippen LogP contribution < -0.4 is 14.8 Å². The Morgan fingerprint density at radius 3 is 2.35 bits per heavy atom. The first-order valence-electron chi connectivity index (χ1n) is 12.9. The number of benzene rings is 1. The van der Waals surface area contributed by atoms with E-state index < -0.39 is 0 Å². The number of carbonyl (C=O) groups excluding carboxylic acids is 2. The summed E-state index contributed by atoms with van der Waals surface area (Å²) in [7, 11) is 1.65. The highest BCUT2D eigenvalue weighted by atomic mass is 16.5. The lowest BCUT2D eigenvalue weighted by Crippen LogP contribution is -2.62. The molecule has 0 unspecified atom stereocenters. The number of nitrogens with zero attached hydrogens (tertiary/aromatic N) is 2. The second-order valence-electron chi connectivity index (χ2n) is 10.5. The minimum atomic E-state index is -0.370. The highest BCUT2D eigenvalue weighted by Gasteiger charge is 2.39. The minimum absolute atomic E-state index is 0.0824. The standard InChI is InChI=1S/C27H43N3O4/c1-19(2)16-22-26(31)30(15-12-28-22)23(17-20(3)4)27(32)29-13-10-21(11-14-29)18-34-25-9-7-6-8-24(25)33-5/h6-9,19-23,28H,10-18H2,1-5H3/t22-,23-/m0/s1. The van der Waals surface area contributed by atoms with Gasteiger partial charge in [-0.25, -0.2) is 0 Å². The van der Waals surface area contributed by atoms with Crippen LogP contribution in [0.1, 0.15) is 53.4 Å². The van der Waals surface area contributed by atoms with Crippen molar-refractivity contribution in [2.24, 2.45) is 17.8 Å². The quantitative estimate of drug-likeness (QED) is 0.563. The van der Waals surface area contributed by atoms with Crippen LogP contribution in [0.3, 0.4) is 0 Å². The lowest BCUT2D eigenvalue weighted by molar-refractivity contribution is -0.150. The van der Waals surface area contributed by atoms with Gasteiger partial charge in [0.25, 0.3) is 0 Å². The Hall–Kier alpha value is -2.28. The summed E-state index contributed by atoms with van der Waals surface area (Å²) in [4.78, 5) is 30.7. The Labute approximate surface area is 205 Å². The van der Waals surface area contributed by atoms with Gasteiger partial charge in [0.1, 0.15) is 6.04 Å². The van der Waals surface area contributed by atoms with Gasteiger partial charge in [0.05, 0.1) is 19.8 Å². The molecular weight excluding hydrogens is 430 g/mol. The SMILES string of the molecule is COc1ccccc1OCC1CCN(C(=O)[C@H](CC(C)C)N2CCN[C@@H](CC(C)C)C2=O)CC1. The van der Waals surface area contributed by atoms with Gasteiger partial charge >= 0.3 is 0 Å². The summed E-state index contributed by atoms with van der Waals surface area (Å²) in [5.74, 6) is 2.85. The van der Waals surface area contributed by atoms with Crippen molar-refractivity contribution in [2.75, 3.05) is 39.9 Å². The molecule has 0 saturated carbocycles. The molecule has 1 N–H and O–H groups in total. The van der Waals surface area contributed by atoms with E-state index in [1.165, 1.54) is 0 Å². The number of hydrogen-bond acceptors (Lipinski definition) is 5. The summed E-state index contributed by atoms with van der Waals surface area (Å²) in [6, 6.07) is 7.13. The number of methoxy groups -OCH3 is 1. The molecule has 3 rings (SSSR count). The number of amides is 2. The van der Waals surface area contributed by atoms with Gasteiger partial charge in [-0.3, -0.25) is 9.59 Å². The Kier molecular flexibility index (Phi) is 9.63. The molecule has 7 heteroatoms. The highest BCUT2D eigenvalue weighted by molar-refractivity contribution is 5.90. The van der Waals surface area contributed by atoms with Crippen molar-refractivity contribution in [2.45, 2.75) is 65.5 Å². The van der Waals surface area contributed by atoms with E-state index in [4.69, 9.17) is 9.47 Å². The van der Waals surface area contributed by atoms with Gasteiger partial charge in [0.15, 0.2) is 11.5 Å². The molecule has 190 valence electrons. The Balaban J connectivity index is 1.58. The van der Waals surface area contributed by atoms with E-state index in [9.17, 15) is 9.59 Å². The van der Waals surface area contributed by atoms with E-state index in [1.54, 1.807) is 7.11 Å². The van der Waals surface area contributed by atoms with Crippen LogP contribution >= 0.6 is 0 Å². The molecule has 2 heterocycles. The monoisotopic (exact) mass is 473 g/mol. The molecule has 1 aromatic rings. The lowest BCUT2D eigenvalue weighted by atomic mass is 9.94. The van der Waals surface area contributed by atoms with E-state index in [0.717, 1.165) is 37.3 Å².